The molecular formula is C11H19N3O. The molecule has 1 aromatic heterocycles. The SMILES string of the molecule is CCn1cccc1C(=O)NCCC(C)N. The summed E-state index contributed by atoms with van der Waals surface area (Å²) < 4.78 is 1.92. The highest BCUT2D eigenvalue weighted by molar-refractivity contribution is 5.92. The number of carbonyl (C=O) groups excluding carboxylic acids is 1. The molecule has 1 rings (SSSR count). The third kappa shape index (κ3) is 3.40. The summed E-state index contributed by atoms with van der Waals surface area (Å²) in [5.74, 6) is -0.0255. The first kappa shape index (κ1) is 11.8. The molecule has 0 aliphatic rings. The van der Waals surface area contributed by atoms with Gasteiger partial charge in [-0.2, -0.15) is 0 Å². The number of aryl methyl sites for hydroxylation is 1. The molecule has 1 heterocycles. The monoisotopic (exact) mass is 209 g/mol. The first-order valence-electron chi connectivity index (χ1n) is 5.34. The van der Waals surface area contributed by atoms with Crippen LogP contribution < -0.4 is 11.1 Å². The van der Waals surface area contributed by atoms with E-state index in [2.05, 4.69) is 5.32 Å². The number of nitrogens with zero attached hydrogens (tertiary/aromatic N) is 1. The Hall–Kier alpha value is -1.29. The highest BCUT2D eigenvalue weighted by Crippen LogP contribution is 2.01. The summed E-state index contributed by atoms with van der Waals surface area (Å²) in [7, 11) is 0. The smallest absolute Gasteiger partial charge is 0.267 e. The zero-order valence-electron chi connectivity index (χ0n) is 9.36. The second-order valence-corrected chi connectivity index (χ2v) is 3.70. The van der Waals surface area contributed by atoms with Crippen LogP contribution in [0.2, 0.25) is 0 Å². The van der Waals surface area contributed by atoms with Gasteiger partial charge in [0, 0.05) is 25.3 Å². The van der Waals surface area contributed by atoms with E-state index in [-0.39, 0.29) is 11.9 Å². The van der Waals surface area contributed by atoms with Crippen molar-refractivity contribution >= 4 is 5.91 Å². The highest BCUT2D eigenvalue weighted by Gasteiger charge is 2.08. The third-order valence-corrected chi connectivity index (χ3v) is 2.29. The van der Waals surface area contributed by atoms with Gasteiger partial charge >= 0.3 is 0 Å². The number of rotatable bonds is 5. The Morgan fingerprint density at radius 3 is 3.00 bits per heavy atom. The number of hydrogen-bond acceptors (Lipinski definition) is 2. The van der Waals surface area contributed by atoms with E-state index < -0.39 is 0 Å². The van der Waals surface area contributed by atoms with Gasteiger partial charge in [0.1, 0.15) is 5.69 Å². The van der Waals surface area contributed by atoms with Crippen molar-refractivity contribution in [2.75, 3.05) is 6.54 Å². The van der Waals surface area contributed by atoms with E-state index in [9.17, 15) is 4.79 Å². The largest absolute Gasteiger partial charge is 0.351 e. The van der Waals surface area contributed by atoms with Crippen LogP contribution in [0.1, 0.15) is 30.8 Å². The van der Waals surface area contributed by atoms with Gasteiger partial charge in [-0.3, -0.25) is 4.79 Å². The fourth-order valence-electron chi connectivity index (χ4n) is 1.40. The maximum Gasteiger partial charge on any atom is 0.267 e. The number of aromatic nitrogens is 1. The Balaban J connectivity index is 2.47. The van der Waals surface area contributed by atoms with Crippen LogP contribution in [0.5, 0.6) is 0 Å². The van der Waals surface area contributed by atoms with Gasteiger partial charge in [-0.1, -0.05) is 0 Å². The van der Waals surface area contributed by atoms with Crippen LogP contribution in [0, 0.1) is 0 Å². The molecule has 84 valence electrons. The maximum absolute atomic E-state index is 11.7. The summed E-state index contributed by atoms with van der Waals surface area (Å²) in [6, 6.07) is 3.83. The summed E-state index contributed by atoms with van der Waals surface area (Å²) in [5, 5.41) is 2.85. The molecule has 0 fully saturated rings. The van der Waals surface area contributed by atoms with E-state index in [0.29, 0.717) is 12.2 Å². The molecule has 0 aliphatic carbocycles. The summed E-state index contributed by atoms with van der Waals surface area (Å²) in [6.45, 7) is 5.38. The Labute approximate surface area is 90.5 Å². The predicted octanol–water partition coefficient (Wildman–Crippen LogP) is 0.975. The van der Waals surface area contributed by atoms with Crippen LogP contribution in [-0.2, 0) is 6.54 Å². The van der Waals surface area contributed by atoms with Crippen molar-refractivity contribution in [3.8, 4) is 0 Å². The summed E-state index contributed by atoms with van der Waals surface area (Å²) in [6.07, 6.45) is 2.71. The fourth-order valence-corrected chi connectivity index (χ4v) is 1.40. The molecule has 0 aliphatic heterocycles. The van der Waals surface area contributed by atoms with E-state index in [1.54, 1.807) is 0 Å². The van der Waals surface area contributed by atoms with Gasteiger partial charge in [-0.15, -0.1) is 0 Å². The molecule has 0 bridgehead atoms. The third-order valence-electron chi connectivity index (χ3n) is 2.29. The molecule has 0 spiro atoms. The Morgan fingerprint density at radius 2 is 2.40 bits per heavy atom. The number of nitrogens with one attached hydrogen (secondary N) is 1. The molecule has 0 saturated heterocycles. The average molecular weight is 209 g/mol. The quantitative estimate of drug-likeness (QED) is 0.759. The molecule has 0 radical (unpaired) electrons. The molecule has 1 unspecified atom stereocenters. The van der Waals surface area contributed by atoms with Gasteiger partial charge in [-0.05, 0) is 32.4 Å². The topological polar surface area (TPSA) is 60.0 Å². The van der Waals surface area contributed by atoms with Crippen molar-refractivity contribution in [1.29, 1.82) is 0 Å². The standard InChI is InChI=1S/C11H19N3O/c1-3-14-8-4-5-10(14)11(15)13-7-6-9(2)12/h4-5,8-9H,3,6-7,12H2,1-2H3,(H,13,15). The van der Waals surface area contributed by atoms with E-state index >= 15 is 0 Å². The summed E-state index contributed by atoms with van der Waals surface area (Å²) in [4.78, 5) is 11.7. The molecule has 15 heavy (non-hydrogen) atoms. The van der Waals surface area contributed by atoms with Crippen LogP contribution in [0.4, 0.5) is 0 Å². The lowest BCUT2D eigenvalue weighted by atomic mass is 10.2. The van der Waals surface area contributed by atoms with Crippen LogP contribution in [0.15, 0.2) is 18.3 Å². The van der Waals surface area contributed by atoms with Crippen molar-refractivity contribution in [3.63, 3.8) is 0 Å². The second-order valence-electron chi connectivity index (χ2n) is 3.70. The molecule has 4 nitrogen and oxygen atoms in total. The first-order chi connectivity index (χ1) is 7.15. The van der Waals surface area contributed by atoms with Crippen LogP contribution in [-0.4, -0.2) is 23.1 Å². The minimum Gasteiger partial charge on any atom is -0.351 e. The highest BCUT2D eigenvalue weighted by atomic mass is 16.1. The van der Waals surface area contributed by atoms with Crippen molar-refractivity contribution < 1.29 is 4.79 Å². The molecule has 4 heteroatoms. The van der Waals surface area contributed by atoms with Gasteiger partial charge in [-0.25, -0.2) is 0 Å². The fraction of sp³-hybridized carbons (Fsp3) is 0.545. The first-order valence-corrected chi connectivity index (χ1v) is 5.34. The van der Waals surface area contributed by atoms with E-state index in [1.807, 2.05) is 36.7 Å². The van der Waals surface area contributed by atoms with Gasteiger partial charge < -0.3 is 15.6 Å². The minimum absolute atomic E-state index is 0.0255. The van der Waals surface area contributed by atoms with Crippen molar-refractivity contribution in [2.24, 2.45) is 5.73 Å². The molecule has 3 N–H and O–H groups in total. The zero-order valence-corrected chi connectivity index (χ0v) is 9.36. The zero-order chi connectivity index (χ0) is 11.3. The maximum atomic E-state index is 11.7. The Morgan fingerprint density at radius 1 is 1.67 bits per heavy atom. The molecule has 0 saturated carbocycles. The average Bonchev–Trinajstić information content (AvgIpc) is 2.64. The molecule has 1 atom stereocenters. The van der Waals surface area contributed by atoms with Crippen molar-refractivity contribution in [2.45, 2.75) is 32.9 Å². The van der Waals surface area contributed by atoms with Crippen LogP contribution >= 0.6 is 0 Å². The summed E-state index contributed by atoms with van der Waals surface area (Å²) in [5.41, 5.74) is 6.31. The number of amides is 1. The Kier molecular flexibility index (Phi) is 4.37. The Bertz CT molecular complexity index is 317. The van der Waals surface area contributed by atoms with Crippen LogP contribution in [0.3, 0.4) is 0 Å². The molecular weight excluding hydrogens is 190 g/mol. The minimum atomic E-state index is -0.0255. The van der Waals surface area contributed by atoms with Crippen molar-refractivity contribution in [1.82, 2.24) is 9.88 Å². The van der Waals surface area contributed by atoms with Crippen molar-refractivity contribution in [3.05, 3.63) is 24.0 Å². The number of carbonyl (C=O) groups is 1. The van der Waals surface area contributed by atoms with E-state index in [4.69, 9.17) is 5.73 Å². The molecule has 1 amide bonds. The second kappa shape index (κ2) is 5.56. The normalized spacial score (nSPS) is 12.5. The van der Waals surface area contributed by atoms with E-state index in [1.165, 1.54) is 0 Å². The lowest BCUT2D eigenvalue weighted by molar-refractivity contribution is 0.0943. The lowest BCUT2D eigenvalue weighted by Crippen LogP contribution is -2.30. The van der Waals surface area contributed by atoms with Gasteiger partial charge in [0.05, 0.1) is 0 Å². The van der Waals surface area contributed by atoms with E-state index in [0.717, 1.165) is 13.0 Å². The predicted molar refractivity (Wildman–Crippen MR) is 60.7 cm³/mol. The van der Waals surface area contributed by atoms with Gasteiger partial charge in [0.15, 0.2) is 0 Å². The molecule has 0 aromatic carbocycles. The van der Waals surface area contributed by atoms with Gasteiger partial charge in [0.25, 0.3) is 5.91 Å². The lowest BCUT2D eigenvalue weighted by Gasteiger charge is -2.08. The number of hydrogen-bond donors (Lipinski definition) is 2. The number of nitrogens with two attached hydrogens (primary N) is 1. The molecule has 1 aromatic rings. The summed E-state index contributed by atoms with van der Waals surface area (Å²) >= 11 is 0. The van der Waals surface area contributed by atoms with Crippen LogP contribution in [0.25, 0.3) is 0 Å². The van der Waals surface area contributed by atoms with Gasteiger partial charge in [0.2, 0.25) is 0 Å².